The molecular formula is C25H19ClN8O. The minimum absolute atomic E-state index is 0.0123. The number of rotatable bonds is 5. The van der Waals surface area contributed by atoms with Gasteiger partial charge < -0.3 is 5.32 Å². The van der Waals surface area contributed by atoms with E-state index >= 15 is 0 Å². The van der Waals surface area contributed by atoms with E-state index in [0.717, 1.165) is 24.4 Å². The third-order valence-electron chi connectivity index (χ3n) is 6.17. The molecule has 1 N–H and O–H groups in total. The van der Waals surface area contributed by atoms with E-state index in [4.69, 9.17) is 11.6 Å². The molecule has 1 aliphatic carbocycles. The second-order valence-corrected chi connectivity index (χ2v) is 8.74. The Balaban J connectivity index is 1.26. The van der Waals surface area contributed by atoms with E-state index in [-0.39, 0.29) is 17.9 Å². The van der Waals surface area contributed by atoms with E-state index in [0.29, 0.717) is 33.1 Å². The highest BCUT2D eigenvalue weighted by Gasteiger charge is 2.36. The second kappa shape index (κ2) is 8.84. The number of para-hydroxylation sites is 1. The molecule has 0 spiro atoms. The fourth-order valence-corrected chi connectivity index (χ4v) is 4.61. The Kier molecular flexibility index (Phi) is 5.38. The second-order valence-electron chi connectivity index (χ2n) is 8.33. The predicted octanol–water partition coefficient (Wildman–Crippen LogP) is 4.00. The van der Waals surface area contributed by atoms with Gasteiger partial charge in [-0.05, 0) is 49.2 Å². The summed E-state index contributed by atoms with van der Waals surface area (Å²) in [5, 5.41) is 12.7. The lowest BCUT2D eigenvalue weighted by Crippen LogP contribution is -2.44. The van der Waals surface area contributed by atoms with Crippen LogP contribution in [-0.2, 0) is 0 Å². The SMILES string of the molecule is O=C(NC1CC(c2nnc(-c3ccncn3)n2-c2ccccc2Cl)C1)c1ccnc2cccnc12. The molecule has 0 radical (unpaired) electrons. The number of hydrogen-bond donors (Lipinski definition) is 1. The van der Waals surface area contributed by atoms with E-state index in [9.17, 15) is 4.79 Å². The van der Waals surface area contributed by atoms with Crippen LogP contribution in [0.2, 0.25) is 5.02 Å². The van der Waals surface area contributed by atoms with Crippen LogP contribution in [0.5, 0.6) is 0 Å². The van der Waals surface area contributed by atoms with E-state index in [1.807, 2.05) is 34.9 Å². The molecule has 0 bridgehead atoms. The highest BCUT2D eigenvalue weighted by Crippen LogP contribution is 2.39. The van der Waals surface area contributed by atoms with Gasteiger partial charge in [-0.25, -0.2) is 9.97 Å². The van der Waals surface area contributed by atoms with Gasteiger partial charge in [0.1, 0.15) is 23.4 Å². The van der Waals surface area contributed by atoms with Crippen LogP contribution in [0, 0.1) is 0 Å². The number of aromatic nitrogens is 7. The molecule has 6 rings (SSSR count). The topological polar surface area (TPSA) is 111 Å². The van der Waals surface area contributed by atoms with E-state index in [1.165, 1.54) is 6.33 Å². The number of carbonyl (C=O) groups is 1. The number of fused-ring (bicyclic) bond motifs is 1. The number of nitrogens with zero attached hydrogens (tertiary/aromatic N) is 7. The molecule has 1 aliphatic rings. The first-order valence-corrected chi connectivity index (χ1v) is 11.5. The lowest BCUT2D eigenvalue weighted by atomic mass is 9.79. The van der Waals surface area contributed by atoms with Gasteiger partial charge in [0.2, 0.25) is 0 Å². The first-order chi connectivity index (χ1) is 17.2. The average molecular weight is 483 g/mol. The summed E-state index contributed by atoms with van der Waals surface area (Å²) in [6.45, 7) is 0. The smallest absolute Gasteiger partial charge is 0.253 e. The van der Waals surface area contributed by atoms with Gasteiger partial charge in [0.05, 0.1) is 21.8 Å². The highest BCUT2D eigenvalue weighted by molar-refractivity contribution is 6.32. The maximum Gasteiger partial charge on any atom is 0.253 e. The van der Waals surface area contributed by atoms with Crippen molar-refractivity contribution in [3.8, 4) is 17.2 Å². The molecule has 1 amide bonds. The molecule has 0 atom stereocenters. The van der Waals surface area contributed by atoms with Gasteiger partial charge in [-0.1, -0.05) is 23.7 Å². The Hall–Kier alpha value is -4.24. The van der Waals surface area contributed by atoms with Gasteiger partial charge in [0.25, 0.3) is 5.91 Å². The van der Waals surface area contributed by atoms with Crippen molar-refractivity contribution < 1.29 is 4.79 Å². The van der Waals surface area contributed by atoms with Crippen LogP contribution in [0.15, 0.2) is 73.4 Å². The van der Waals surface area contributed by atoms with Crippen molar-refractivity contribution in [2.45, 2.75) is 24.8 Å². The largest absolute Gasteiger partial charge is 0.349 e. The number of amides is 1. The lowest BCUT2D eigenvalue weighted by molar-refractivity contribution is 0.0908. The fourth-order valence-electron chi connectivity index (χ4n) is 4.39. The monoisotopic (exact) mass is 482 g/mol. The zero-order chi connectivity index (χ0) is 23.8. The van der Waals surface area contributed by atoms with Gasteiger partial charge in [-0.2, -0.15) is 0 Å². The van der Waals surface area contributed by atoms with Gasteiger partial charge in [0.15, 0.2) is 5.82 Å². The van der Waals surface area contributed by atoms with Gasteiger partial charge in [-0.3, -0.25) is 19.3 Å². The van der Waals surface area contributed by atoms with Gasteiger partial charge in [0, 0.05) is 30.6 Å². The average Bonchev–Trinajstić information content (AvgIpc) is 3.30. The lowest BCUT2D eigenvalue weighted by Gasteiger charge is -2.35. The summed E-state index contributed by atoms with van der Waals surface area (Å²) in [5.41, 5.74) is 3.24. The highest BCUT2D eigenvalue weighted by atomic mass is 35.5. The molecule has 0 saturated heterocycles. The molecule has 10 heteroatoms. The number of nitrogens with one attached hydrogen (secondary N) is 1. The summed E-state index contributed by atoms with van der Waals surface area (Å²) in [7, 11) is 0. The Morgan fingerprint density at radius 3 is 2.66 bits per heavy atom. The van der Waals surface area contributed by atoms with Crippen molar-refractivity contribution in [1.82, 2.24) is 40.0 Å². The summed E-state index contributed by atoms with van der Waals surface area (Å²) in [4.78, 5) is 29.9. The number of halogens is 1. The van der Waals surface area contributed by atoms with Gasteiger partial charge in [-0.15, -0.1) is 10.2 Å². The first kappa shape index (κ1) is 21.3. The Morgan fingerprint density at radius 1 is 0.943 bits per heavy atom. The van der Waals surface area contributed by atoms with Crippen molar-refractivity contribution in [2.24, 2.45) is 0 Å². The van der Waals surface area contributed by atoms with E-state index in [2.05, 4.69) is 35.5 Å². The van der Waals surface area contributed by atoms with Crippen molar-refractivity contribution in [1.29, 1.82) is 0 Å². The fraction of sp³-hybridized carbons (Fsp3) is 0.160. The third-order valence-corrected chi connectivity index (χ3v) is 6.49. The van der Waals surface area contributed by atoms with Crippen LogP contribution in [-0.4, -0.2) is 46.6 Å². The zero-order valence-electron chi connectivity index (χ0n) is 18.4. The predicted molar refractivity (Wildman–Crippen MR) is 130 cm³/mol. The third kappa shape index (κ3) is 3.89. The van der Waals surface area contributed by atoms with Crippen molar-refractivity contribution in [2.75, 3.05) is 0 Å². The number of benzene rings is 1. The summed E-state index contributed by atoms with van der Waals surface area (Å²) < 4.78 is 1.95. The van der Waals surface area contributed by atoms with Crippen molar-refractivity contribution in [3.63, 3.8) is 0 Å². The molecule has 1 aromatic carbocycles. The molecule has 4 aromatic heterocycles. The Morgan fingerprint density at radius 2 is 1.83 bits per heavy atom. The minimum atomic E-state index is -0.159. The van der Waals surface area contributed by atoms with Crippen LogP contribution in [0.4, 0.5) is 0 Å². The molecule has 4 heterocycles. The van der Waals surface area contributed by atoms with Crippen molar-refractivity contribution >= 4 is 28.5 Å². The molecule has 1 fully saturated rings. The quantitative estimate of drug-likeness (QED) is 0.403. The molecule has 9 nitrogen and oxygen atoms in total. The minimum Gasteiger partial charge on any atom is -0.349 e. The summed E-state index contributed by atoms with van der Waals surface area (Å²) >= 11 is 6.55. The van der Waals surface area contributed by atoms with Crippen molar-refractivity contribution in [3.05, 3.63) is 89.9 Å². The molecule has 0 aliphatic heterocycles. The standard InChI is InChI=1S/C25H19ClN8O/c26-18-4-1-2-6-21(18)34-23(32-33-24(34)20-8-10-27-14-30-20)15-12-16(13-15)31-25(35)17-7-11-28-19-5-3-9-29-22(17)19/h1-11,14-16H,12-13H2,(H,31,35). The molecule has 35 heavy (non-hydrogen) atoms. The van der Waals surface area contributed by atoms with Crippen LogP contribution in [0.1, 0.15) is 34.9 Å². The molecule has 1 saturated carbocycles. The Bertz CT molecular complexity index is 1530. The van der Waals surface area contributed by atoms with E-state index in [1.54, 1.807) is 36.8 Å². The number of pyridine rings is 2. The van der Waals surface area contributed by atoms with Crippen LogP contribution >= 0.6 is 11.6 Å². The Labute approximate surface area is 205 Å². The normalized spacial score (nSPS) is 17.2. The molecular weight excluding hydrogens is 464 g/mol. The van der Waals surface area contributed by atoms with Gasteiger partial charge >= 0.3 is 0 Å². The summed E-state index contributed by atoms with van der Waals surface area (Å²) in [5.74, 6) is 1.33. The van der Waals surface area contributed by atoms with E-state index < -0.39 is 0 Å². The number of carbonyl (C=O) groups excluding carboxylic acids is 1. The zero-order valence-corrected chi connectivity index (χ0v) is 19.2. The summed E-state index contributed by atoms with van der Waals surface area (Å²) in [6.07, 6.45) is 7.90. The number of hydrogen-bond acceptors (Lipinski definition) is 7. The molecule has 172 valence electrons. The van der Waals surface area contributed by atoms with Crippen LogP contribution in [0.25, 0.3) is 28.2 Å². The molecule has 5 aromatic rings. The van der Waals surface area contributed by atoms with Crippen LogP contribution < -0.4 is 5.32 Å². The maximum absolute atomic E-state index is 13.0. The molecule has 0 unspecified atom stereocenters. The first-order valence-electron chi connectivity index (χ1n) is 11.2. The summed E-state index contributed by atoms with van der Waals surface area (Å²) in [6, 6.07) is 14.7. The van der Waals surface area contributed by atoms with Crippen LogP contribution in [0.3, 0.4) is 0 Å². The maximum atomic E-state index is 13.0.